The lowest BCUT2D eigenvalue weighted by atomic mass is 9.86. The van der Waals surface area contributed by atoms with Gasteiger partial charge in [0.05, 0.1) is 4.01 Å². The first-order chi connectivity index (χ1) is 11.7. The summed E-state index contributed by atoms with van der Waals surface area (Å²) >= 11 is 3.45. The van der Waals surface area contributed by atoms with E-state index in [2.05, 4.69) is 19.9 Å². The van der Waals surface area contributed by atoms with Crippen molar-refractivity contribution < 1.29 is 9.53 Å². The molecule has 3 rings (SSSR count). The van der Waals surface area contributed by atoms with Crippen LogP contribution in [0.2, 0.25) is 0 Å². The van der Waals surface area contributed by atoms with E-state index in [1.54, 1.807) is 11.3 Å². The normalized spacial score (nSPS) is 21.2. The first kappa shape index (κ1) is 17.9. The van der Waals surface area contributed by atoms with E-state index in [-0.39, 0.29) is 12.1 Å². The Morgan fingerprint density at radius 1 is 1.12 bits per heavy atom. The first-order valence-corrected chi connectivity index (χ1v) is 11.1. The highest BCUT2D eigenvalue weighted by atomic mass is 32.2. The quantitative estimate of drug-likeness (QED) is 0.398. The van der Waals surface area contributed by atoms with Gasteiger partial charge in [-0.15, -0.1) is 22.7 Å². The van der Waals surface area contributed by atoms with Gasteiger partial charge in [-0.25, -0.2) is 4.79 Å². The average Bonchev–Trinajstić information content (AvgIpc) is 3.14. The molecule has 0 aromatic carbocycles. The van der Waals surface area contributed by atoms with Crippen LogP contribution in [0.5, 0.6) is 0 Å². The molecule has 0 atom stereocenters. The SMILES string of the molecule is CCCCCc1cc2cc(C(=O)O[C@H]3CC[C@H](CC)CC3)sc2s1. The van der Waals surface area contributed by atoms with Gasteiger partial charge in [0.1, 0.15) is 11.0 Å². The molecule has 0 N–H and O–H groups in total. The Morgan fingerprint density at radius 3 is 2.58 bits per heavy atom. The summed E-state index contributed by atoms with van der Waals surface area (Å²) in [7, 11) is 0. The van der Waals surface area contributed by atoms with Crippen molar-refractivity contribution in [1.29, 1.82) is 0 Å². The molecule has 1 aliphatic rings. The lowest BCUT2D eigenvalue weighted by Crippen LogP contribution is -2.24. The minimum absolute atomic E-state index is 0.115. The minimum Gasteiger partial charge on any atom is -0.458 e. The monoisotopic (exact) mass is 364 g/mol. The average molecular weight is 365 g/mol. The fraction of sp³-hybridized carbons (Fsp3) is 0.650. The molecule has 2 aromatic rings. The second-order valence-corrected chi connectivity index (χ2v) is 9.43. The number of hydrogen-bond acceptors (Lipinski definition) is 4. The Balaban J connectivity index is 1.56. The van der Waals surface area contributed by atoms with Crippen LogP contribution in [0.1, 0.15) is 79.8 Å². The fourth-order valence-corrected chi connectivity index (χ4v) is 5.95. The number of unbranched alkanes of at least 4 members (excludes halogenated alkanes) is 2. The standard InChI is InChI=1S/C20H28O2S2/c1-3-5-6-7-17-12-15-13-18(24-20(15)23-17)19(21)22-16-10-8-14(4-2)9-11-16/h12-14,16H,3-11H2,1-2H3/t14-,16-. The molecule has 2 nitrogen and oxygen atoms in total. The number of carbonyl (C=O) groups is 1. The number of rotatable bonds is 7. The van der Waals surface area contributed by atoms with Crippen molar-refractivity contribution in [2.75, 3.05) is 0 Å². The molecular weight excluding hydrogens is 336 g/mol. The maximum Gasteiger partial charge on any atom is 0.348 e. The summed E-state index contributed by atoms with van der Waals surface area (Å²) in [6, 6.07) is 4.29. The van der Waals surface area contributed by atoms with Gasteiger partial charge in [-0.3, -0.25) is 0 Å². The molecule has 0 aliphatic heterocycles. The molecule has 24 heavy (non-hydrogen) atoms. The smallest absolute Gasteiger partial charge is 0.348 e. The second-order valence-electron chi connectivity index (χ2n) is 6.98. The van der Waals surface area contributed by atoms with Crippen LogP contribution < -0.4 is 0 Å². The van der Waals surface area contributed by atoms with E-state index in [0.29, 0.717) is 0 Å². The summed E-state index contributed by atoms with van der Waals surface area (Å²) in [5, 5.41) is 1.22. The highest BCUT2D eigenvalue weighted by Gasteiger charge is 2.24. The van der Waals surface area contributed by atoms with E-state index in [9.17, 15) is 4.79 Å². The Morgan fingerprint density at radius 2 is 1.92 bits per heavy atom. The van der Waals surface area contributed by atoms with Gasteiger partial charge in [0.2, 0.25) is 0 Å². The zero-order valence-corrected chi connectivity index (χ0v) is 16.4. The summed E-state index contributed by atoms with van der Waals surface area (Å²) < 4.78 is 7.02. The molecule has 1 aliphatic carbocycles. The summed E-state index contributed by atoms with van der Waals surface area (Å²) in [5.41, 5.74) is 0. The third kappa shape index (κ3) is 4.40. The van der Waals surface area contributed by atoms with Crippen LogP contribution in [-0.2, 0) is 11.2 Å². The number of hydrogen-bond donors (Lipinski definition) is 0. The van der Waals surface area contributed by atoms with Gasteiger partial charge in [0.25, 0.3) is 0 Å². The van der Waals surface area contributed by atoms with E-state index < -0.39 is 0 Å². The Kier molecular flexibility index (Phi) is 6.34. The van der Waals surface area contributed by atoms with Crippen LogP contribution in [-0.4, -0.2) is 12.1 Å². The van der Waals surface area contributed by atoms with Gasteiger partial charge < -0.3 is 4.74 Å². The molecular formula is C20H28O2S2. The number of aryl methyl sites for hydroxylation is 1. The molecule has 0 amide bonds. The number of ether oxygens (including phenoxy) is 1. The van der Waals surface area contributed by atoms with E-state index in [0.717, 1.165) is 23.6 Å². The lowest BCUT2D eigenvalue weighted by Gasteiger charge is -2.27. The molecule has 2 aromatic heterocycles. The van der Waals surface area contributed by atoms with Crippen molar-refractivity contribution in [2.45, 2.75) is 77.7 Å². The predicted molar refractivity (Wildman–Crippen MR) is 104 cm³/mol. The van der Waals surface area contributed by atoms with Gasteiger partial charge in [-0.1, -0.05) is 33.1 Å². The maximum absolute atomic E-state index is 12.4. The third-order valence-electron chi connectivity index (χ3n) is 5.14. The Labute approximate surface area is 153 Å². The van der Waals surface area contributed by atoms with E-state index in [1.165, 1.54) is 59.2 Å². The van der Waals surface area contributed by atoms with Gasteiger partial charge in [-0.2, -0.15) is 0 Å². The molecule has 0 saturated heterocycles. The van der Waals surface area contributed by atoms with Crippen molar-refractivity contribution >= 4 is 38.0 Å². The number of fused-ring (bicyclic) bond motifs is 1. The van der Waals surface area contributed by atoms with Crippen molar-refractivity contribution in [3.8, 4) is 0 Å². The van der Waals surface area contributed by atoms with Crippen molar-refractivity contribution in [3.05, 3.63) is 21.9 Å². The minimum atomic E-state index is -0.115. The van der Waals surface area contributed by atoms with Crippen LogP contribution in [0.3, 0.4) is 0 Å². The Bertz CT molecular complexity index is 631. The summed E-state index contributed by atoms with van der Waals surface area (Å²) in [6.07, 6.45) is 10.8. The van der Waals surface area contributed by atoms with Gasteiger partial charge in [-0.05, 0) is 56.6 Å². The van der Waals surface area contributed by atoms with Crippen molar-refractivity contribution in [3.63, 3.8) is 0 Å². The van der Waals surface area contributed by atoms with Crippen molar-refractivity contribution in [1.82, 2.24) is 0 Å². The number of esters is 1. The second kappa shape index (κ2) is 8.48. The molecule has 1 fully saturated rings. The van der Waals surface area contributed by atoms with E-state index in [1.807, 2.05) is 17.4 Å². The Hall–Kier alpha value is -0.870. The molecule has 4 heteroatoms. The molecule has 0 spiro atoms. The summed E-state index contributed by atoms with van der Waals surface area (Å²) in [6.45, 7) is 4.49. The van der Waals surface area contributed by atoms with Gasteiger partial charge in [0, 0.05) is 10.3 Å². The largest absolute Gasteiger partial charge is 0.458 e. The molecule has 0 unspecified atom stereocenters. The van der Waals surface area contributed by atoms with Gasteiger partial charge in [0.15, 0.2) is 0 Å². The molecule has 0 bridgehead atoms. The van der Waals surface area contributed by atoms with Crippen molar-refractivity contribution in [2.24, 2.45) is 5.92 Å². The number of thiophene rings is 2. The lowest BCUT2D eigenvalue weighted by molar-refractivity contribution is 0.0170. The predicted octanol–water partition coefficient (Wildman–Crippen LogP) is 6.82. The molecule has 1 saturated carbocycles. The van der Waals surface area contributed by atoms with Crippen LogP contribution in [0.25, 0.3) is 9.40 Å². The topological polar surface area (TPSA) is 26.3 Å². The van der Waals surface area contributed by atoms with Crippen LogP contribution >= 0.6 is 22.7 Å². The summed E-state index contributed by atoms with van der Waals surface area (Å²) in [4.78, 5) is 14.6. The zero-order chi connectivity index (χ0) is 16.9. The van der Waals surface area contributed by atoms with Gasteiger partial charge >= 0.3 is 5.97 Å². The summed E-state index contributed by atoms with van der Waals surface area (Å²) in [5.74, 6) is 0.717. The van der Waals surface area contributed by atoms with E-state index >= 15 is 0 Å². The maximum atomic E-state index is 12.4. The first-order valence-electron chi connectivity index (χ1n) is 9.42. The molecule has 0 radical (unpaired) electrons. The fourth-order valence-electron chi connectivity index (χ4n) is 3.53. The van der Waals surface area contributed by atoms with Crippen LogP contribution in [0.4, 0.5) is 0 Å². The number of carbonyl (C=O) groups excluding carboxylic acids is 1. The zero-order valence-electron chi connectivity index (χ0n) is 14.8. The van der Waals surface area contributed by atoms with Crippen LogP contribution in [0, 0.1) is 5.92 Å². The highest BCUT2D eigenvalue weighted by Crippen LogP contribution is 2.35. The third-order valence-corrected chi connectivity index (χ3v) is 7.57. The molecule has 132 valence electrons. The highest BCUT2D eigenvalue weighted by molar-refractivity contribution is 7.39. The van der Waals surface area contributed by atoms with Crippen LogP contribution in [0.15, 0.2) is 12.1 Å². The van der Waals surface area contributed by atoms with E-state index in [4.69, 9.17) is 4.74 Å². The molecule has 2 heterocycles.